The van der Waals surface area contributed by atoms with Crippen LogP contribution in [-0.2, 0) is 4.74 Å². The Kier molecular flexibility index (Phi) is 5.41. The van der Waals surface area contributed by atoms with Gasteiger partial charge in [0.15, 0.2) is 11.5 Å². The van der Waals surface area contributed by atoms with Crippen molar-refractivity contribution in [2.45, 2.75) is 25.4 Å². The van der Waals surface area contributed by atoms with E-state index >= 15 is 0 Å². The Labute approximate surface area is 143 Å². The van der Waals surface area contributed by atoms with E-state index in [1.54, 1.807) is 31.4 Å². The predicted octanol–water partition coefficient (Wildman–Crippen LogP) is 2.90. The van der Waals surface area contributed by atoms with Crippen LogP contribution in [0.1, 0.15) is 29.6 Å². The quantitative estimate of drug-likeness (QED) is 0.752. The topological polar surface area (TPSA) is 48.0 Å². The molecular formula is C19H25NO4. The minimum atomic E-state index is 0.0243. The number of benzene rings is 1. The lowest BCUT2D eigenvalue weighted by Crippen LogP contribution is -2.49. The van der Waals surface area contributed by atoms with E-state index in [2.05, 4.69) is 6.58 Å². The van der Waals surface area contributed by atoms with Gasteiger partial charge in [-0.05, 0) is 37.0 Å². The number of hydrogen-bond acceptors (Lipinski definition) is 4. The molecule has 2 aliphatic rings. The zero-order valence-electron chi connectivity index (χ0n) is 14.2. The lowest BCUT2D eigenvalue weighted by Gasteiger charge is -2.40. The van der Waals surface area contributed by atoms with Gasteiger partial charge in [-0.1, -0.05) is 19.1 Å². The fraction of sp³-hybridized carbons (Fsp3) is 0.526. The van der Waals surface area contributed by atoms with Crippen molar-refractivity contribution in [3.63, 3.8) is 0 Å². The van der Waals surface area contributed by atoms with Crippen LogP contribution >= 0.6 is 0 Å². The number of amides is 1. The Balaban J connectivity index is 1.70. The van der Waals surface area contributed by atoms with Crippen molar-refractivity contribution in [3.8, 4) is 11.5 Å². The maximum Gasteiger partial charge on any atom is 0.254 e. The summed E-state index contributed by atoms with van der Waals surface area (Å²) in [5.41, 5.74) is 0.618. The molecule has 1 aliphatic heterocycles. The second kappa shape index (κ2) is 7.71. The van der Waals surface area contributed by atoms with Gasteiger partial charge in [0, 0.05) is 18.7 Å². The standard InChI is InChI=1S/C19H25NO4/c1-3-10-23-16-8-7-15(12-17(16)22-2)19(21)20-9-11-24-18(13-20)14-5-4-6-14/h3,7-8,12,14,18H,1,4-6,9-11,13H2,2H3/t18-/m1/s1. The molecule has 2 fully saturated rings. The molecule has 5 heteroatoms. The highest BCUT2D eigenvalue weighted by molar-refractivity contribution is 5.95. The van der Waals surface area contributed by atoms with Crippen LogP contribution < -0.4 is 9.47 Å². The van der Waals surface area contributed by atoms with Crippen molar-refractivity contribution in [1.82, 2.24) is 4.90 Å². The minimum absolute atomic E-state index is 0.0243. The first-order valence-corrected chi connectivity index (χ1v) is 8.55. The normalized spacial score (nSPS) is 21.0. The lowest BCUT2D eigenvalue weighted by atomic mass is 9.80. The Morgan fingerprint density at radius 3 is 2.92 bits per heavy atom. The zero-order chi connectivity index (χ0) is 16.9. The van der Waals surface area contributed by atoms with E-state index in [4.69, 9.17) is 14.2 Å². The second-order valence-electron chi connectivity index (χ2n) is 6.32. The summed E-state index contributed by atoms with van der Waals surface area (Å²) in [6.07, 6.45) is 5.58. The van der Waals surface area contributed by atoms with Crippen LogP contribution in [0.15, 0.2) is 30.9 Å². The third kappa shape index (κ3) is 3.56. The average Bonchev–Trinajstić information content (AvgIpc) is 2.58. The molecule has 24 heavy (non-hydrogen) atoms. The lowest BCUT2D eigenvalue weighted by molar-refractivity contribution is -0.0659. The smallest absolute Gasteiger partial charge is 0.254 e. The van der Waals surface area contributed by atoms with Crippen LogP contribution in [0.5, 0.6) is 11.5 Å². The molecule has 1 heterocycles. The van der Waals surface area contributed by atoms with E-state index in [9.17, 15) is 4.79 Å². The van der Waals surface area contributed by atoms with E-state index in [1.807, 2.05) is 4.90 Å². The minimum Gasteiger partial charge on any atom is -0.493 e. The number of carbonyl (C=O) groups is 1. The van der Waals surface area contributed by atoms with Crippen molar-refractivity contribution in [2.75, 3.05) is 33.4 Å². The molecule has 1 saturated carbocycles. The van der Waals surface area contributed by atoms with Crippen LogP contribution in [0.2, 0.25) is 0 Å². The summed E-state index contributed by atoms with van der Waals surface area (Å²) in [7, 11) is 1.58. The zero-order valence-corrected chi connectivity index (χ0v) is 14.2. The SMILES string of the molecule is C=CCOc1ccc(C(=O)N2CCO[C@@H](C3CCC3)C2)cc1OC. The molecule has 3 rings (SSSR count). The number of rotatable bonds is 6. The van der Waals surface area contributed by atoms with Gasteiger partial charge < -0.3 is 19.1 Å². The van der Waals surface area contributed by atoms with Crippen LogP contribution in [0.3, 0.4) is 0 Å². The van der Waals surface area contributed by atoms with E-state index in [1.165, 1.54) is 19.3 Å². The highest BCUT2D eigenvalue weighted by atomic mass is 16.5. The summed E-state index contributed by atoms with van der Waals surface area (Å²) in [5.74, 6) is 1.82. The number of ether oxygens (including phenoxy) is 3. The van der Waals surface area contributed by atoms with Crippen molar-refractivity contribution < 1.29 is 19.0 Å². The van der Waals surface area contributed by atoms with Gasteiger partial charge in [0.25, 0.3) is 5.91 Å². The largest absolute Gasteiger partial charge is 0.493 e. The third-order valence-electron chi connectivity index (χ3n) is 4.82. The van der Waals surface area contributed by atoms with Crippen LogP contribution in [0.25, 0.3) is 0 Å². The Morgan fingerprint density at radius 1 is 1.42 bits per heavy atom. The number of morpholine rings is 1. The monoisotopic (exact) mass is 331 g/mol. The van der Waals surface area contributed by atoms with E-state index in [0.29, 0.717) is 49.3 Å². The second-order valence-corrected chi connectivity index (χ2v) is 6.32. The van der Waals surface area contributed by atoms with Gasteiger partial charge in [0.1, 0.15) is 6.61 Å². The Hall–Kier alpha value is -2.01. The molecule has 0 N–H and O–H groups in total. The summed E-state index contributed by atoms with van der Waals surface area (Å²) in [6, 6.07) is 5.31. The Bertz CT molecular complexity index is 597. The van der Waals surface area contributed by atoms with Gasteiger partial charge >= 0.3 is 0 Å². The van der Waals surface area contributed by atoms with E-state index < -0.39 is 0 Å². The fourth-order valence-electron chi connectivity index (χ4n) is 3.21. The molecule has 1 aromatic carbocycles. The van der Waals surface area contributed by atoms with Gasteiger partial charge in [-0.2, -0.15) is 0 Å². The molecule has 0 spiro atoms. The van der Waals surface area contributed by atoms with Gasteiger partial charge in [0.05, 0.1) is 19.8 Å². The molecule has 1 aliphatic carbocycles. The fourth-order valence-corrected chi connectivity index (χ4v) is 3.21. The molecule has 130 valence electrons. The first-order chi connectivity index (χ1) is 11.7. The van der Waals surface area contributed by atoms with E-state index in [0.717, 1.165) is 0 Å². The predicted molar refractivity (Wildman–Crippen MR) is 91.7 cm³/mol. The number of carbonyl (C=O) groups excluding carboxylic acids is 1. The molecule has 0 bridgehead atoms. The van der Waals surface area contributed by atoms with Gasteiger partial charge in [-0.15, -0.1) is 0 Å². The van der Waals surface area contributed by atoms with Crippen molar-refractivity contribution in [2.24, 2.45) is 5.92 Å². The summed E-state index contributed by atoms with van der Waals surface area (Å²) in [4.78, 5) is 14.7. The first kappa shape index (κ1) is 16.8. The number of nitrogens with zero attached hydrogens (tertiary/aromatic N) is 1. The third-order valence-corrected chi connectivity index (χ3v) is 4.82. The molecule has 1 saturated heterocycles. The first-order valence-electron chi connectivity index (χ1n) is 8.55. The number of methoxy groups -OCH3 is 1. The summed E-state index contributed by atoms with van der Waals surface area (Å²) in [6.45, 7) is 5.97. The molecule has 1 amide bonds. The van der Waals surface area contributed by atoms with E-state index in [-0.39, 0.29) is 12.0 Å². The van der Waals surface area contributed by atoms with Crippen LogP contribution in [0, 0.1) is 5.92 Å². The van der Waals surface area contributed by atoms with Crippen LogP contribution in [-0.4, -0.2) is 50.3 Å². The van der Waals surface area contributed by atoms with Crippen molar-refractivity contribution in [1.29, 1.82) is 0 Å². The maximum atomic E-state index is 12.8. The Morgan fingerprint density at radius 2 is 2.25 bits per heavy atom. The van der Waals surface area contributed by atoms with Crippen molar-refractivity contribution >= 4 is 5.91 Å². The van der Waals surface area contributed by atoms with Gasteiger partial charge in [-0.3, -0.25) is 4.79 Å². The molecule has 1 atom stereocenters. The summed E-state index contributed by atoms with van der Waals surface area (Å²) >= 11 is 0. The highest BCUT2D eigenvalue weighted by Crippen LogP contribution is 2.33. The molecule has 0 unspecified atom stereocenters. The highest BCUT2D eigenvalue weighted by Gasteiger charge is 2.33. The van der Waals surface area contributed by atoms with Crippen LogP contribution in [0.4, 0.5) is 0 Å². The molecule has 5 nitrogen and oxygen atoms in total. The van der Waals surface area contributed by atoms with Gasteiger partial charge in [-0.25, -0.2) is 0 Å². The molecule has 0 radical (unpaired) electrons. The summed E-state index contributed by atoms with van der Waals surface area (Å²) < 4.78 is 16.8. The molecule has 0 aromatic heterocycles. The summed E-state index contributed by atoms with van der Waals surface area (Å²) in [5, 5.41) is 0. The van der Waals surface area contributed by atoms with Gasteiger partial charge in [0.2, 0.25) is 0 Å². The van der Waals surface area contributed by atoms with Crippen molar-refractivity contribution in [3.05, 3.63) is 36.4 Å². The average molecular weight is 331 g/mol. The molecular weight excluding hydrogens is 306 g/mol. The maximum absolute atomic E-state index is 12.8. The number of hydrogen-bond donors (Lipinski definition) is 0. The molecule has 1 aromatic rings.